The largest absolute Gasteiger partial charge is 0.349 e. The van der Waals surface area contributed by atoms with Gasteiger partial charge in [-0.25, -0.2) is 0 Å². The number of aryl methyl sites for hydroxylation is 1. The third-order valence-electron chi connectivity index (χ3n) is 4.56. The Morgan fingerprint density at radius 3 is 2.41 bits per heavy atom. The highest BCUT2D eigenvalue weighted by molar-refractivity contribution is 5.75. The predicted molar refractivity (Wildman–Crippen MR) is 92.4 cm³/mol. The predicted octanol–water partition coefficient (Wildman–Crippen LogP) is 3.24. The molecule has 1 aromatic rings. The molecular weight excluding hydrogens is 272 g/mol. The van der Waals surface area contributed by atoms with E-state index < -0.39 is 0 Å². The Hall–Kier alpha value is -1.61. The minimum Gasteiger partial charge on any atom is -0.349 e. The van der Waals surface area contributed by atoms with Crippen molar-refractivity contribution in [2.24, 2.45) is 11.7 Å². The molecule has 3 heteroatoms. The van der Waals surface area contributed by atoms with Gasteiger partial charge in [-0.15, -0.1) is 0 Å². The van der Waals surface area contributed by atoms with Gasteiger partial charge < -0.3 is 10.6 Å². The van der Waals surface area contributed by atoms with E-state index in [4.69, 9.17) is 5.73 Å². The number of allylic oxidation sites excluding steroid dienone is 1. The number of carbonyl (C=O) groups excluding carboxylic acids is 1. The number of hydrogen-bond donors (Lipinski definition) is 1. The lowest BCUT2D eigenvalue weighted by Crippen LogP contribution is -2.21. The van der Waals surface area contributed by atoms with E-state index in [1.165, 1.54) is 36.8 Å². The Morgan fingerprint density at radius 1 is 1.23 bits per heavy atom. The molecule has 0 spiro atoms. The molecule has 1 fully saturated rings. The maximum absolute atomic E-state index is 11.6. The Morgan fingerprint density at radius 2 is 1.86 bits per heavy atom. The van der Waals surface area contributed by atoms with Crippen molar-refractivity contribution in [1.82, 2.24) is 4.90 Å². The molecule has 1 amide bonds. The van der Waals surface area contributed by atoms with E-state index in [0.717, 1.165) is 13.0 Å². The summed E-state index contributed by atoms with van der Waals surface area (Å²) in [6, 6.07) is 8.61. The summed E-state index contributed by atoms with van der Waals surface area (Å²) >= 11 is 0. The number of rotatable bonds is 5. The number of carbonyl (C=O) groups is 1. The van der Waals surface area contributed by atoms with E-state index in [1.807, 2.05) is 0 Å². The highest BCUT2D eigenvalue weighted by atomic mass is 16.2. The van der Waals surface area contributed by atoms with E-state index in [2.05, 4.69) is 30.3 Å². The SMILES string of the molecule is CN(C)C(=O)CCc1ccc(C=C2CCC(CN)CC2)cc1. The van der Waals surface area contributed by atoms with Crippen molar-refractivity contribution in [2.45, 2.75) is 38.5 Å². The summed E-state index contributed by atoms with van der Waals surface area (Å²) < 4.78 is 0. The van der Waals surface area contributed by atoms with E-state index in [0.29, 0.717) is 12.3 Å². The highest BCUT2D eigenvalue weighted by Gasteiger charge is 2.14. The lowest BCUT2D eigenvalue weighted by molar-refractivity contribution is -0.128. The lowest BCUT2D eigenvalue weighted by atomic mass is 9.85. The standard InChI is InChI=1S/C19H28N2O/c1-21(2)19(22)12-11-15-3-5-16(6-4-15)13-17-7-9-18(14-20)10-8-17/h3-6,13,18H,7-12,14,20H2,1-2H3. The summed E-state index contributed by atoms with van der Waals surface area (Å²) in [4.78, 5) is 13.3. The van der Waals surface area contributed by atoms with Crippen LogP contribution >= 0.6 is 0 Å². The summed E-state index contributed by atoms with van der Waals surface area (Å²) in [5, 5.41) is 0. The van der Waals surface area contributed by atoms with Crippen molar-refractivity contribution in [3.63, 3.8) is 0 Å². The Balaban J connectivity index is 1.88. The van der Waals surface area contributed by atoms with Gasteiger partial charge in [-0.1, -0.05) is 35.9 Å². The van der Waals surface area contributed by atoms with Gasteiger partial charge in [0.1, 0.15) is 0 Å². The fraction of sp³-hybridized carbons (Fsp3) is 0.526. The summed E-state index contributed by atoms with van der Waals surface area (Å²) in [5.41, 5.74) is 9.78. The molecule has 0 aromatic heterocycles. The van der Waals surface area contributed by atoms with Crippen LogP contribution < -0.4 is 5.73 Å². The second-order valence-electron chi connectivity index (χ2n) is 6.51. The smallest absolute Gasteiger partial charge is 0.222 e. The maximum atomic E-state index is 11.6. The first kappa shape index (κ1) is 16.8. The minimum absolute atomic E-state index is 0.183. The van der Waals surface area contributed by atoms with Crippen LogP contribution in [0.4, 0.5) is 0 Å². The van der Waals surface area contributed by atoms with Crippen molar-refractivity contribution in [3.8, 4) is 0 Å². The average Bonchev–Trinajstić information content (AvgIpc) is 2.54. The summed E-state index contributed by atoms with van der Waals surface area (Å²) in [7, 11) is 3.61. The van der Waals surface area contributed by atoms with E-state index in [1.54, 1.807) is 24.6 Å². The minimum atomic E-state index is 0.183. The first-order valence-corrected chi connectivity index (χ1v) is 8.27. The normalized spacial score (nSPS) is 18.1. The molecule has 1 aliphatic rings. The second-order valence-corrected chi connectivity index (χ2v) is 6.51. The number of benzene rings is 1. The molecule has 2 rings (SSSR count). The van der Waals surface area contributed by atoms with Crippen LogP contribution in [0.25, 0.3) is 6.08 Å². The van der Waals surface area contributed by atoms with Crippen LogP contribution in [0.5, 0.6) is 0 Å². The number of nitrogens with zero attached hydrogens (tertiary/aromatic N) is 1. The van der Waals surface area contributed by atoms with E-state index in [9.17, 15) is 4.79 Å². The molecule has 0 bridgehead atoms. The molecule has 2 N–H and O–H groups in total. The van der Waals surface area contributed by atoms with Crippen LogP contribution in [0.15, 0.2) is 29.8 Å². The number of nitrogens with two attached hydrogens (primary N) is 1. The zero-order valence-electron chi connectivity index (χ0n) is 13.8. The first-order chi connectivity index (χ1) is 10.6. The molecule has 22 heavy (non-hydrogen) atoms. The molecule has 0 heterocycles. The van der Waals surface area contributed by atoms with Crippen molar-refractivity contribution in [1.29, 1.82) is 0 Å². The number of hydrogen-bond acceptors (Lipinski definition) is 2. The Kier molecular flexibility index (Phi) is 6.20. The van der Waals surface area contributed by atoms with Gasteiger partial charge in [0.15, 0.2) is 0 Å². The zero-order chi connectivity index (χ0) is 15.9. The van der Waals surface area contributed by atoms with Gasteiger partial charge >= 0.3 is 0 Å². The Labute approximate surface area is 134 Å². The van der Waals surface area contributed by atoms with Gasteiger partial charge in [-0.3, -0.25) is 4.79 Å². The zero-order valence-corrected chi connectivity index (χ0v) is 13.8. The third kappa shape index (κ3) is 4.99. The molecule has 1 saturated carbocycles. The van der Waals surface area contributed by atoms with Gasteiger partial charge in [0.05, 0.1) is 0 Å². The molecular formula is C19H28N2O. The van der Waals surface area contributed by atoms with Crippen molar-refractivity contribution >= 4 is 12.0 Å². The van der Waals surface area contributed by atoms with E-state index in [-0.39, 0.29) is 5.91 Å². The van der Waals surface area contributed by atoms with E-state index >= 15 is 0 Å². The number of amides is 1. The molecule has 0 radical (unpaired) electrons. The molecule has 1 aliphatic carbocycles. The fourth-order valence-electron chi connectivity index (χ4n) is 2.92. The van der Waals surface area contributed by atoms with Crippen LogP contribution in [0.2, 0.25) is 0 Å². The van der Waals surface area contributed by atoms with Gasteiger partial charge in [-0.05, 0) is 55.7 Å². The molecule has 1 aromatic carbocycles. The van der Waals surface area contributed by atoms with Crippen LogP contribution in [-0.4, -0.2) is 31.4 Å². The van der Waals surface area contributed by atoms with Crippen molar-refractivity contribution in [2.75, 3.05) is 20.6 Å². The van der Waals surface area contributed by atoms with Crippen LogP contribution in [0.1, 0.15) is 43.2 Å². The van der Waals surface area contributed by atoms with Crippen LogP contribution in [0.3, 0.4) is 0 Å². The van der Waals surface area contributed by atoms with Gasteiger partial charge in [0, 0.05) is 20.5 Å². The topological polar surface area (TPSA) is 46.3 Å². The molecule has 0 atom stereocenters. The molecule has 0 saturated heterocycles. The van der Waals surface area contributed by atoms with Crippen molar-refractivity contribution < 1.29 is 4.79 Å². The fourth-order valence-corrected chi connectivity index (χ4v) is 2.92. The second kappa shape index (κ2) is 8.14. The molecule has 3 nitrogen and oxygen atoms in total. The average molecular weight is 300 g/mol. The molecule has 120 valence electrons. The quantitative estimate of drug-likeness (QED) is 0.907. The highest BCUT2D eigenvalue weighted by Crippen LogP contribution is 2.28. The van der Waals surface area contributed by atoms with Crippen LogP contribution in [-0.2, 0) is 11.2 Å². The molecule has 0 aliphatic heterocycles. The summed E-state index contributed by atoms with van der Waals surface area (Å²) in [6.45, 7) is 0.827. The van der Waals surface area contributed by atoms with Crippen molar-refractivity contribution in [3.05, 3.63) is 41.0 Å². The van der Waals surface area contributed by atoms with Crippen LogP contribution in [0, 0.1) is 5.92 Å². The van der Waals surface area contributed by atoms with Gasteiger partial charge in [0.25, 0.3) is 0 Å². The molecule has 0 unspecified atom stereocenters. The maximum Gasteiger partial charge on any atom is 0.222 e. The summed E-state index contributed by atoms with van der Waals surface area (Å²) in [6.07, 6.45) is 8.53. The van der Waals surface area contributed by atoms with Gasteiger partial charge in [0.2, 0.25) is 5.91 Å². The monoisotopic (exact) mass is 300 g/mol. The lowest BCUT2D eigenvalue weighted by Gasteiger charge is -2.22. The third-order valence-corrected chi connectivity index (χ3v) is 4.56. The first-order valence-electron chi connectivity index (χ1n) is 8.27. The van der Waals surface area contributed by atoms with Gasteiger partial charge in [-0.2, -0.15) is 0 Å². The Bertz CT molecular complexity index is 507. The summed E-state index contributed by atoms with van der Waals surface area (Å²) in [5.74, 6) is 0.900.